The molecule has 146 valence electrons. The van der Waals surface area contributed by atoms with Crippen LogP contribution in [0.4, 0.5) is 0 Å². The summed E-state index contributed by atoms with van der Waals surface area (Å²) in [5.41, 5.74) is 0. The maximum absolute atomic E-state index is 4.76. The molecule has 0 aliphatic rings. The van der Waals surface area contributed by atoms with Crippen LogP contribution in [0.15, 0.2) is 12.4 Å². The Hall–Kier alpha value is -0.790. The Morgan fingerprint density at radius 2 is 1.24 bits per heavy atom. The van der Waals surface area contributed by atoms with Crippen molar-refractivity contribution in [1.82, 2.24) is 9.55 Å². The molecule has 1 aromatic heterocycles. The van der Waals surface area contributed by atoms with Gasteiger partial charge in [0.2, 0.25) is 0 Å². The molecule has 0 N–H and O–H groups in total. The van der Waals surface area contributed by atoms with Crippen LogP contribution < -0.4 is 0 Å². The van der Waals surface area contributed by atoms with E-state index in [0.717, 1.165) is 0 Å². The van der Waals surface area contributed by atoms with Crippen LogP contribution in [0.2, 0.25) is 0 Å². The molecule has 0 saturated heterocycles. The highest BCUT2D eigenvalue weighted by Crippen LogP contribution is 2.29. The lowest BCUT2D eigenvalue weighted by Crippen LogP contribution is -2.11. The second-order valence-electron chi connectivity index (χ2n) is 8.10. The zero-order valence-corrected chi connectivity index (χ0v) is 17.6. The number of hydrogen-bond acceptors (Lipinski definition) is 1. The van der Waals surface area contributed by atoms with Crippen molar-refractivity contribution in [3.8, 4) is 0 Å². The van der Waals surface area contributed by atoms with Crippen molar-refractivity contribution in [2.45, 2.75) is 130 Å². The highest BCUT2D eigenvalue weighted by atomic mass is 15.1. The van der Waals surface area contributed by atoms with E-state index in [-0.39, 0.29) is 0 Å². The molecule has 0 bridgehead atoms. The minimum Gasteiger partial charge on any atom is -0.332 e. The number of hydrogen-bond donors (Lipinski definition) is 0. The minimum atomic E-state index is 0.522. The van der Waals surface area contributed by atoms with Crippen LogP contribution in [-0.2, 0) is 0 Å². The maximum Gasteiger partial charge on any atom is 0.111 e. The molecule has 0 saturated carbocycles. The van der Waals surface area contributed by atoms with Crippen molar-refractivity contribution in [3.05, 3.63) is 18.2 Å². The highest BCUT2D eigenvalue weighted by molar-refractivity contribution is 5.02. The van der Waals surface area contributed by atoms with Crippen molar-refractivity contribution in [2.24, 2.45) is 0 Å². The summed E-state index contributed by atoms with van der Waals surface area (Å²) in [5.74, 6) is 2.01. The van der Waals surface area contributed by atoms with Gasteiger partial charge in [-0.1, -0.05) is 90.9 Å². The third-order valence-corrected chi connectivity index (χ3v) is 5.43. The summed E-state index contributed by atoms with van der Waals surface area (Å²) in [6.07, 6.45) is 23.5. The Bertz CT molecular complexity index is 408. The van der Waals surface area contributed by atoms with Crippen LogP contribution in [0.3, 0.4) is 0 Å². The molecule has 0 amide bonds. The number of aromatic nitrogens is 2. The second-order valence-corrected chi connectivity index (χ2v) is 8.10. The van der Waals surface area contributed by atoms with Gasteiger partial charge < -0.3 is 4.57 Å². The molecule has 1 heterocycles. The number of rotatable bonds is 16. The molecule has 1 aromatic rings. The van der Waals surface area contributed by atoms with E-state index in [9.17, 15) is 0 Å². The highest BCUT2D eigenvalue weighted by Gasteiger charge is 2.17. The van der Waals surface area contributed by atoms with Gasteiger partial charge in [-0.15, -0.1) is 0 Å². The number of unbranched alkanes of at least 4 members (excludes halogenated alkanes) is 10. The van der Waals surface area contributed by atoms with Crippen LogP contribution in [0.1, 0.15) is 135 Å². The first-order valence-corrected chi connectivity index (χ1v) is 11.2. The number of nitrogens with zero attached hydrogens (tertiary/aromatic N) is 2. The largest absolute Gasteiger partial charge is 0.332 e. The lowest BCUT2D eigenvalue weighted by Gasteiger charge is -2.20. The Kier molecular flexibility index (Phi) is 12.8. The topological polar surface area (TPSA) is 17.8 Å². The Morgan fingerprint density at radius 3 is 1.72 bits per heavy atom. The number of imidazole rings is 1. The molecule has 0 aliphatic carbocycles. The van der Waals surface area contributed by atoms with E-state index in [1.54, 1.807) is 0 Å². The molecule has 0 aliphatic heterocycles. The van der Waals surface area contributed by atoms with Gasteiger partial charge in [0.25, 0.3) is 0 Å². The van der Waals surface area contributed by atoms with E-state index in [0.29, 0.717) is 12.0 Å². The van der Waals surface area contributed by atoms with Crippen molar-refractivity contribution in [3.63, 3.8) is 0 Å². The average molecular weight is 349 g/mol. The predicted molar refractivity (Wildman–Crippen MR) is 111 cm³/mol. The Labute approximate surface area is 157 Å². The van der Waals surface area contributed by atoms with Gasteiger partial charge in [0.15, 0.2) is 0 Å². The first-order chi connectivity index (χ1) is 12.2. The Balaban J connectivity index is 2.43. The fraction of sp³-hybridized carbons (Fsp3) is 0.870. The van der Waals surface area contributed by atoms with Crippen molar-refractivity contribution in [1.29, 1.82) is 0 Å². The van der Waals surface area contributed by atoms with Gasteiger partial charge in [0, 0.05) is 24.4 Å². The Morgan fingerprint density at radius 1 is 0.760 bits per heavy atom. The molecule has 2 nitrogen and oxygen atoms in total. The van der Waals surface area contributed by atoms with Gasteiger partial charge in [-0.2, -0.15) is 0 Å². The predicted octanol–water partition coefficient (Wildman–Crippen LogP) is 8.05. The van der Waals surface area contributed by atoms with Gasteiger partial charge in [-0.3, -0.25) is 0 Å². The molecule has 0 radical (unpaired) electrons. The summed E-state index contributed by atoms with van der Waals surface area (Å²) in [5, 5.41) is 0. The fourth-order valence-corrected chi connectivity index (χ4v) is 3.82. The van der Waals surface area contributed by atoms with Crippen molar-refractivity contribution in [2.75, 3.05) is 0 Å². The van der Waals surface area contributed by atoms with Gasteiger partial charge in [0.05, 0.1) is 0 Å². The summed E-state index contributed by atoms with van der Waals surface area (Å²) in [4.78, 5) is 4.76. The maximum atomic E-state index is 4.76. The molecule has 1 unspecified atom stereocenters. The normalized spacial score (nSPS) is 12.8. The summed E-state index contributed by atoms with van der Waals surface area (Å²) < 4.78 is 2.40. The lowest BCUT2D eigenvalue weighted by atomic mass is 9.93. The molecule has 2 heteroatoms. The van der Waals surface area contributed by atoms with E-state index in [1.165, 1.54) is 95.7 Å². The van der Waals surface area contributed by atoms with Crippen molar-refractivity contribution < 1.29 is 0 Å². The van der Waals surface area contributed by atoms with E-state index in [1.807, 2.05) is 6.20 Å². The smallest absolute Gasteiger partial charge is 0.111 e. The monoisotopic (exact) mass is 348 g/mol. The van der Waals surface area contributed by atoms with E-state index < -0.39 is 0 Å². The first-order valence-electron chi connectivity index (χ1n) is 11.2. The van der Waals surface area contributed by atoms with E-state index in [2.05, 4.69) is 38.5 Å². The SMILES string of the molecule is CCCCCCCCCC(CCCCCCC)c1nccn1C(C)C. The summed E-state index contributed by atoms with van der Waals surface area (Å²) >= 11 is 0. The summed E-state index contributed by atoms with van der Waals surface area (Å²) in [6, 6.07) is 0.522. The fourth-order valence-electron chi connectivity index (χ4n) is 3.82. The zero-order valence-electron chi connectivity index (χ0n) is 17.6. The quantitative estimate of drug-likeness (QED) is 0.276. The third kappa shape index (κ3) is 9.47. The third-order valence-electron chi connectivity index (χ3n) is 5.43. The molecule has 1 atom stereocenters. The zero-order chi connectivity index (χ0) is 18.3. The molecular weight excluding hydrogens is 304 g/mol. The van der Waals surface area contributed by atoms with Crippen molar-refractivity contribution >= 4 is 0 Å². The van der Waals surface area contributed by atoms with Crippen LogP contribution in [-0.4, -0.2) is 9.55 Å². The molecule has 1 rings (SSSR count). The standard InChI is InChI=1S/C23H44N2/c1-5-7-9-11-12-14-16-18-22(17-15-13-10-8-6-2)23-24-19-20-25(23)21(3)4/h19-22H,5-18H2,1-4H3. The van der Waals surface area contributed by atoms with Gasteiger partial charge >= 0.3 is 0 Å². The summed E-state index contributed by atoms with van der Waals surface area (Å²) in [7, 11) is 0. The van der Waals surface area contributed by atoms with Crippen LogP contribution in [0.25, 0.3) is 0 Å². The minimum absolute atomic E-state index is 0.522. The summed E-state index contributed by atoms with van der Waals surface area (Å²) in [6.45, 7) is 9.14. The molecule has 25 heavy (non-hydrogen) atoms. The second kappa shape index (κ2) is 14.4. The lowest BCUT2D eigenvalue weighted by molar-refractivity contribution is 0.443. The molecular formula is C23H44N2. The average Bonchev–Trinajstić information content (AvgIpc) is 3.09. The van der Waals surface area contributed by atoms with E-state index >= 15 is 0 Å². The molecule has 0 fully saturated rings. The van der Waals surface area contributed by atoms with Crippen LogP contribution in [0.5, 0.6) is 0 Å². The van der Waals surface area contributed by atoms with Gasteiger partial charge in [0.1, 0.15) is 5.82 Å². The van der Waals surface area contributed by atoms with E-state index in [4.69, 9.17) is 4.98 Å². The van der Waals surface area contributed by atoms with Crippen LogP contribution in [0, 0.1) is 0 Å². The molecule has 0 spiro atoms. The van der Waals surface area contributed by atoms with Crippen LogP contribution >= 0.6 is 0 Å². The first kappa shape index (κ1) is 22.3. The molecule has 0 aromatic carbocycles. The van der Waals surface area contributed by atoms with Gasteiger partial charge in [-0.25, -0.2) is 4.98 Å². The van der Waals surface area contributed by atoms with Gasteiger partial charge in [-0.05, 0) is 26.7 Å².